The molecule has 0 spiro atoms. The number of esters is 1. The van der Waals surface area contributed by atoms with Crippen LogP contribution < -0.4 is 14.8 Å². The quantitative estimate of drug-likeness (QED) is 0.765. The Morgan fingerprint density at radius 1 is 1.08 bits per heavy atom. The maximum absolute atomic E-state index is 11.9. The zero-order valence-electron chi connectivity index (χ0n) is 13.9. The largest absolute Gasteiger partial charge is 0.497 e. The minimum atomic E-state index is -0.554. The van der Waals surface area contributed by atoms with Crippen LogP contribution in [0.5, 0.6) is 11.5 Å². The Balaban J connectivity index is 1.87. The highest BCUT2D eigenvalue weighted by molar-refractivity contribution is 6.30. The fourth-order valence-electron chi connectivity index (χ4n) is 2.14. The van der Waals surface area contributed by atoms with Crippen LogP contribution in [0.4, 0.5) is 5.69 Å². The lowest BCUT2D eigenvalue weighted by molar-refractivity contribution is -0.146. The van der Waals surface area contributed by atoms with Crippen molar-refractivity contribution in [3.05, 3.63) is 53.1 Å². The molecule has 2 aromatic rings. The number of anilines is 1. The minimum absolute atomic E-state index is 0.0455. The zero-order chi connectivity index (χ0) is 18.2. The smallest absolute Gasteiger partial charge is 0.310 e. The molecular formula is C18H18ClNO5. The summed E-state index contributed by atoms with van der Waals surface area (Å²) in [6, 6.07) is 11.8. The van der Waals surface area contributed by atoms with E-state index in [2.05, 4.69) is 5.32 Å². The van der Waals surface area contributed by atoms with Crippen LogP contribution in [0.25, 0.3) is 0 Å². The van der Waals surface area contributed by atoms with Crippen LogP contribution in [-0.2, 0) is 20.7 Å². The van der Waals surface area contributed by atoms with Gasteiger partial charge >= 0.3 is 5.97 Å². The summed E-state index contributed by atoms with van der Waals surface area (Å²) in [6.07, 6.45) is -0.0455. The second-order valence-electron chi connectivity index (χ2n) is 5.07. The molecule has 6 nitrogen and oxygen atoms in total. The van der Waals surface area contributed by atoms with Gasteiger partial charge in [-0.3, -0.25) is 9.59 Å². The van der Waals surface area contributed by atoms with Gasteiger partial charge in [0.2, 0.25) is 0 Å². The van der Waals surface area contributed by atoms with E-state index < -0.39 is 11.9 Å². The summed E-state index contributed by atoms with van der Waals surface area (Å²) in [5.41, 5.74) is 1.14. The van der Waals surface area contributed by atoms with Crippen molar-refractivity contribution in [3.8, 4) is 11.5 Å². The second kappa shape index (κ2) is 8.94. The van der Waals surface area contributed by atoms with Crippen LogP contribution >= 0.6 is 11.6 Å². The molecule has 2 aromatic carbocycles. The van der Waals surface area contributed by atoms with Gasteiger partial charge in [0, 0.05) is 22.3 Å². The molecule has 0 atom stereocenters. The molecule has 0 unspecified atom stereocenters. The number of hydrogen-bond donors (Lipinski definition) is 1. The van der Waals surface area contributed by atoms with Crippen molar-refractivity contribution in [2.75, 3.05) is 26.1 Å². The van der Waals surface area contributed by atoms with Crippen LogP contribution in [0.3, 0.4) is 0 Å². The third-order valence-corrected chi connectivity index (χ3v) is 3.53. The molecule has 1 N–H and O–H groups in total. The first-order valence-electron chi connectivity index (χ1n) is 7.43. The van der Waals surface area contributed by atoms with Gasteiger partial charge in [-0.2, -0.15) is 0 Å². The first kappa shape index (κ1) is 18.6. The zero-order valence-corrected chi connectivity index (χ0v) is 14.6. The van der Waals surface area contributed by atoms with Crippen molar-refractivity contribution in [2.24, 2.45) is 0 Å². The maximum Gasteiger partial charge on any atom is 0.310 e. The van der Waals surface area contributed by atoms with E-state index in [1.807, 2.05) is 0 Å². The van der Waals surface area contributed by atoms with Crippen molar-refractivity contribution in [1.29, 1.82) is 0 Å². The summed E-state index contributed by atoms with van der Waals surface area (Å²) >= 11 is 5.92. The summed E-state index contributed by atoms with van der Waals surface area (Å²) in [4.78, 5) is 23.8. The van der Waals surface area contributed by atoms with E-state index in [4.69, 9.17) is 25.8 Å². The Morgan fingerprint density at radius 2 is 1.88 bits per heavy atom. The lowest BCUT2D eigenvalue weighted by Gasteiger charge is -2.10. The number of carbonyl (C=O) groups excluding carboxylic acids is 2. The van der Waals surface area contributed by atoms with Gasteiger partial charge in [0.15, 0.2) is 6.61 Å². The average Bonchev–Trinajstić information content (AvgIpc) is 2.60. The number of rotatable bonds is 7. The molecule has 0 aliphatic heterocycles. The molecule has 0 saturated heterocycles. The fraction of sp³-hybridized carbons (Fsp3) is 0.222. The molecule has 0 fully saturated rings. The summed E-state index contributed by atoms with van der Waals surface area (Å²) in [7, 11) is 3.03. The topological polar surface area (TPSA) is 73.9 Å². The van der Waals surface area contributed by atoms with Crippen LogP contribution in [-0.4, -0.2) is 32.7 Å². The number of amides is 1. The van der Waals surface area contributed by atoms with Gasteiger partial charge < -0.3 is 19.5 Å². The Hall–Kier alpha value is -2.73. The molecule has 0 aliphatic carbocycles. The molecule has 7 heteroatoms. The highest BCUT2D eigenvalue weighted by Gasteiger charge is 2.13. The molecular weight excluding hydrogens is 346 g/mol. The van der Waals surface area contributed by atoms with Crippen molar-refractivity contribution in [2.45, 2.75) is 6.42 Å². The molecule has 0 saturated carbocycles. The summed E-state index contributed by atoms with van der Waals surface area (Å²) in [5, 5.41) is 3.11. The highest BCUT2D eigenvalue weighted by atomic mass is 35.5. The lowest BCUT2D eigenvalue weighted by atomic mass is 10.1. The van der Waals surface area contributed by atoms with Gasteiger partial charge in [-0.05, 0) is 30.3 Å². The van der Waals surface area contributed by atoms with Crippen LogP contribution in [0.2, 0.25) is 5.02 Å². The van der Waals surface area contributed by atoms with E-state index in [9.17, 15) is 9.59 Å². The van der Waals surface area contributed by atoms with Gasteiger partial charge in [0.05, 0.1) is 20.6 Å². The monoisotopic (exact) mass is 363 g/mol. The normalized spacial score (nSPS) is 10.0. The molecule has 0 aliphatic rings. The van der Waals surface area contributed by atoms with E-state index in [0.29, 0.717) is 27.8 Å². The highest BCUT2D eigenvalue weighted by Crippen LogP contribution is 2.23. The van der Waals surface area contributed by atoms with Crippen LogP contribution in [0, 0.1) is 0 Å². The molecule has 0 heterocycles. The number of carbonyl (C=O) groups is 2. The summed E-state index contributed by atoms with van der Waals surface area (Å²) in [6.45, 7) is -0.390. The predicted molar refractivity (Wildman–Crippen MR) is 94.3 cm³/mol. The Labute approximate surface area is 150 Å². The number of methoxy groups -OCH3 is 2. The standard InChI is InChI=1S/C18H18ClNO5/c1-23-15-5-3-4-14(10-15)20-17(21)11-25-18(22)9-12-8-13(19)6-7-16(12)24-2/h3-8,10H,9,11H2,1-2H3,(H,20,21). The molecule has 0 radical (unpaired) electrons. The van der Waals surface area contributed by atoms with E-state index in [-0.39, 0.29) is 13.0 Å². The molecule has 132 valence electrons. The Morgan fingerprint density at radius 3 is 2.60 bits per heavy atom. The molecule has 2 rings (SSSR count). The van der Waals surface area contributed by atoms with Gasteiger partial charge in [0.25, 0.3) is 5.91 Å². The number of halogens is 1. The summed E-state index contributed by atoms with van der Waals surface area (Å²) in [5.74, 6) is 0.144. The second-order valence-corrected chi connectivity index (χ2v) is 5.51. The van der Waals surface area contributed by atoms with Crippen molar-refractivity contribution < 1.29 is 23.8 Å². The first-order chi connectivity index (χ1) is 12.0. The number of benzene rings is 2. The van der Waals surface area contributed by atoms with Gasteiger partial charge in [0.1, 0.15) is 11.5 Å². The molecule has 0 bridgehead atoms. The Bertz CT molecular complexity index is 763. The Kier molecular flexibility index (Phi) is 6.65. The maximum atomic E-state index is 11.9. The third kappa shape index (κ3) is 5.69. The SMILES string of the molecule is COc1cccc(NC(=O)COC(=O)Cc2cc(Cl)ccc2OC)c1. The lowest BCUT2D eigenvalue weighted by Crippen LogP contribution is -2.21. The fourth-order valence-corrected chi connectivity index (χ4v) is 2.33. The first-order valence-corrected chi connectivity index (χ1v) is 7.81. The van der Waals surface area contributed by atoms with Gasteiger partial charge in [-0.15, -0.1) is 0 Å². The van der Waals surface area contributed by atoms with E-state index in [1.54, 1.807) is 42.5 Å². The average molecular weight is 364 g/mol. The molecule has 25 heavy (non-hydrogen) atoms. The van der Waals surface area contributed by atoms with Crippen LogP contribution in [0.1, 0.15) is 5.56 Å². The third-order valence-electron chi connectivity index (χ3n) is 3.29. The van der Waals surface area contributed by atoms with Crippen LogP contribution in [0.15, 0.2) is 42.5 Å². The molecule has 1 amide bonds. The predicted octanol–water partition coefficient (Wildman–Crippen LogP) is 3.08. The number of ether oxygens (including phenoxy) is 3. The van der Waals surface area contributed by atoms with Crippen molar-refractivity contribution in [3.63, 3.8) is 0 Å². The van der Waals surface area contributed by atoms with Crippen molar-refractivity contribution in [1.82, 2.24) is 0 Å². The van der Waals surface area contributed by atoms with Gasteiger partial charge in [-0.1, -0.05) is 17.7 Å². The van der Waals surface area contributed by atoms with E-state index in [1.165, 1.54) is 14.2 Å². The van der Waals surface area contributed by atoms with Gasteiger partial charge in [-0.25, -0.2) is 0 Å². The molecule has 0 aromatic heterocycles. The van der Waals surface area contributed by atoms with Crippen molar-refractivity contribution >= 4 is 29.2 Å². The number of nitrogens with one attached hydrogen (secondary N) is 1. The minimum Gasteiger partial charge on any atom is -0.497 e. The van der Waals surface area contributed by atoms with E-state index >= 15 is 0 Å². The van der Waals surface area contributed by atoms with E-state index in [0.717, 1.165) is 0 Å². The summed E-state index contributed by atoms with van der Waals surface area (Å²) < 4.78 is 15.2. The number of hydrogen-bond acceptors (Lipinski definition) is 5.